The lowest BCUT2D eigenvalue weighted by Gasteiger charge is -2.12. The zero-order valence-electron chi connectivity index (χ0n) is 11.4. The molecule has 110 valence electrons. The minimum atomic E-state index is -0.708. The number of methoxy groups -OCH3 is 1. The maximum Gasteiger partial charge on any atom is 0.252 e. The molecule has 2 aromatic carbocycles. The summed E-state index contributed by atoms with van der Waals surface area (Å²) in [5.41, 5.74) is 6.05. The van der Waals surface area contributed by atoms with Crippen molar-refractivity contribution < 1.29 is 18.7 Å². The minimum Gasteiger partial charge on any atom is -0.497 e. The third-order valence-corrected chi connectivity index (χ3v) is 3.29. The largest absolute Gasteiger partial charge is 0.497 e. The summed E-state index contributed by atoms with van der Waals surface area (Å²) in [6.07, 6.45) is 0. The molecule has 0 saturated heterocycles. The Hall–Kier alpha value is -2.27. The molecule has 0 fully saturated rings. The predicted octanol–water partition coefficient (Wildman–Crippen LogP) is 3.69. The normalized spacial score (nSPS) is 10.3. The van der Waals surface area contributed by atoms with E-state index in [2.05, 4.69) is 0 Å². The van der Waals surface area contributed by atoms with Crippen molar-refractivity contribution in [3.05, 3.63) is 52.3 Å². The van der Waals surface area contributed by atoms with Crippen molar-refractivity contribution in [2.45, 2.75) is 6.92 Å². The summed E-state index contributed by atoms with van der Waals surface area (Å²) in [5, 5.41) is 0.381. The second-order valence-corrected chi connectivity index (χ2v) is 4.77. The number of aryl methyl sites for hydroxylation is 1. The lowest BCUT2D eigenvalue weighted by molar-refractivity contribution is 0.0998. The number of rotatable bonds is 4. The summed E-state index contributed by atoms with van der Waals surface area (Å²) in [6, 6.07) is 7.07. The number of primary amides is 1. The van der Waals surface area contributed by atoms with Crippen molar-refractivity contribution in [2.24, 2.45) is 5.73 Å². The molecule has 2 N–H and O–H groups in total. The summed E-state index contributed by atoms with van der Waals surface area (Å²) in [7, 11) is 1.43. The summed E-state index contributed by atoms with van der Waals surface area (Å²) in [6.45, 7) is 1.74. The third-order valence-electron chi connectivity index (χ3n) is 2.89. The topological polar surface area (TPSA) is 61.6 Å². The van der Waals surface area contributed by atoms with Crippen LogP contribution in [0.5, 0.6) is 17.2 Å². The predicted molar refractivity (Wildman–Crippen MR) is 77.7 cm³/mol. The molecule has 0 aliphatic heterocycles. The van der Waals surface area contributed by atoms with Crippen LogP contribution >= 0.6 is 11.6 Å². The molecule has 2 rings (SSSR count). The van der Waals surface area contributed by atoms with Crippen LogP contribution in [-0.4, -0.2) is 13.0 Å². The van der Waals surface area contributed by atoms with Crippen LogP contribution in [0.15, 0.2) is 30.3 Å². The van der Waals surface area contributed by atoms with E-state index in [-0.39, 0.29) is 17.1 Å². The number of hydrogen-bond donors (Lipinski definition) is 1. The number of halogens is 2. The number of carbonyl (C=O) groups excluding carboxylic acids is 1. The van der Waals surface area contributed by atoms with Gasteiger partial charge in [0, 0.05) is 11.1 Å². The molecule has 0 aromatic heterocycles. The van der Waals surface area contributed by atoms with Crippen LogP contribution < -0.4 is 15.2 Å². The first kappa shape index (κ1) is 15.1. The quantitative estimate of drug-likeness (QED) is 0.937. The van der Waals surface area contributed by atoms with E-state index in [9.17, 15) is 9.18 Å². The molecule has 1 amide bonds. The average Bonchev–Trinajstić information content (AvgIpc) is 2.44. The molecule has 0 radical (unpaired) electrons. The van der Waals surface area contributed by atoms with Gasteiger partial charge in [-0.3, -0.25) is 4.79 Å². The fourth-order valence-corrected chi connectivity index (χ4v) is 1.91. The first-order valence-electron chi connectivity index (χ1n) is 6.03. The molecular weight excluding hydrogens is 297 g/mol. The third kappa shape index (κ3) is 3.25. The Morgan fingerprint density at radius 1 is 1.24 bits per heavy atom. The van der Waals surface area contributed by atoms with Crippen molar-refractivity contribution in [1.82, 2.24) is 0 Å². The van der Waals surface area contributed by atoms with Crippen molar-refractivity contribution in [3.8, 4) is 17.2 Å². The summed E-state index contributed by atoms with van der Waals surface area (Å²) in [5.74, 6) is -0.853. The maximum absolute atomic E-state index is 13.9. The Labute approximate surface area is 126 Å². The highest BCUT2D eigenvalue weighted by Crippen LogP contribution is 2.32. The van der Waals surface area contributed by atoms with Gasteiger partial charge in [-0.25, -0.2) is 4.39 Å². The van der Waals surface area contributed by atoms with Gasteiger partial charge in [-0.15, -0.1) is 0 Å². The van der Waals surface area contributed by atoms with E-state index in [0.29, 0.717) is 16.3 Å². The zero-order valence-corrected chi connectivity index (χ0v) is 12.2. The van der Waals surface area contributed by atoms with E-state index >= 15 is 0 Å². The van der Waals surface area contributed by atoms with Crippen LogP contribution in [0, 0.1) is 12.7 Å². The molecule has 0 heterocycles. The summed E-state index contributed by atoms with van der Waals surface area (Å²) < 4.78 is 24.2. The Kier molecular flexibility index (Phi) is 4.33. The van der Waals surface area contributed by atoms with E-state index < -0.39 is 11.7 Å². The molecule has 0 aliphatic carbocycles. The van der Waals surface area contributed by atoms with E-state index in [0.717, 1.165) is 0 Å². The number of carbonyl (C=O) groups is 1. The lowest BCUT2D eigenvalue weighted by Crippen LogP contribution is -2.12. The fraction of sp³-hybridized carbons (Fsp3) is 0.133. The van der Waals surface area contributed by atoms with E-state index in [4.69, 9.17) is 26.8 Å². The Balaban J connectivity index is 2.43. The second-order valence-electron chi connectivity index (χ2n) is 4.36. The van der Waals surface area contributed by atoms with Crippen LogP contribution in [0.4, 0.5) is 4.39 Å². The number of ether oxygens (including phenoxy) is 2. The smallest absolute Gasteiger partial charge is 0.252 e. The van der Waals surface area contributed by atoms with Gasteiger partial charge < -0.3 is 15.2 Å². The molecule has 21 heavy (non-hydrogen) atoms. The van der Waals surface area contributed by atoms with Crippen LogP contribution in [0.3, 0.4) is 0 Å². The average molecular weight is 310 g/mol. The van der Waals surface area contributed by atoms with E-state index in [1.165, 1.54) is 31.4 Å². The Morgan fingerprint density at radius 2 is 1.95 bits per heavy atom. The number of benzene rings is 2. The van der Waals surface area contributed by atoms with E-state index in [1.54, 1.807) is 13.0 Å². The van der Waals surface area contributed by atoms with E-state index in [1.807, 2.05) is 0 Å². The minimum absolute atomic E-state index is 0.0416. The van der Waals surface area contributed by atoms with Crippen molar-refractivity contribution in [2.75, 3.05) is 7.11 Å². The van der Waals surface area contributed by atoms with Gasteiger partial charge in [0.2, 0.25) is 0 Å². The Bertz CT molecular complexity index is 704. The molecule has 0 saturated carbocycles. The highest BCUT2D eigenvalue weighted by Gasteiger charge is 2.15. The van der Waals surface area contributed by atoms with Crippen LogP contribution in [0.1, 0.15) is 15.9 Å². The van der Waals surface area contributed by atoms with Gasteiger partial charge in [-0.1, -0.05) is 11.6 Å². The first-order valence-corrected chi connectivity index (χ1v) is 6.41. The molecule has 2 aromatic rings. The van der Waals surface area contributed by atoms with Crippen molar-refractivity contribution in [3.63, 3.8) is 0 Å². The molecule has 0 aliphatic rings. The monoisotopic (exact) mass is 309 g/mol. The number of hydrogen-bond acceptors (Lipinski definition) is 3. The van der Waals surface area contributed by atoms with Gasteiger partial charge in [-0.2, -0.15) is 0 Å². The standard InChI is InChI=1S/C15H13ClFNO3/c1-8-5-14(10(15(18)19)7-11(8)16)21-13-4-3-9(20-2)6-12(13)17/h3-7H,1-2H3,(H2,18,19). The van der Waals surface area contributed by atoms with Crippen molar-refractivity contribution >= 4 is 17.5 Å². The maximum atomic E-state index is 13.9. The van der Waals surface area contributed by atoms with Gasteiger partial charge in [0.15, 0.2) is 11.6 Å². The highest BCUT2D eigenvalue weighted by molar-refractivity contribution is 6.31. The molecule has 0 bridgehead atoms. The van der Waals surface area contributed by atoms with Gasteiger partial charge in [0.25, 0.3) is 5.91 Å². The lowest BCUT2D eigenvalue weighted by atomic mass is 10.1. The van der Waals surface area contributed by atoms with Gasteiger partial charge in [0.1, 0.15) is 11.5 Å². The van der Waals surface area contributed by atoms with Gasteiger partial charge in [0.05, 0.1) is 12.7 Å². The van der Waals surface area contributed by atoms with Crippen LogP contribution in [0.2, 0.25) is 5.02 Å². The van der Waals surface area contributed by atoms with Crippen molar-refractivity contribution in [1.29, 1.82) is 0 Å². The molecule has 0 spiro atoms. The molecular formula is C15H13ClFNO3. The number of amides is 1. The van der Waals surface area contributed by atoms with Crippen LogP contribution in [-0.2, 0) is 0 Å². The molecule has 4 nitrogen and oxygen atoms in total. The first-order chi connectivity index (χ1) is 9.92. The molecule has 0 atom stereocenters. The summed E-state index contributed by atoms with van der Waals surface area (Å²) >= 11 is 5.95. The van der Waals surface area contributed by atoms with Gasteiger partial charge in [-0.05, 0) is 36.8 Å². The molecule has 6 heteroatoms. The highest BCUT2D eigenvalue weighted by atomic mass is 35.5. The summed E-state index contributed by atoms with van der Waals surface area (Å²) in [4.78, 5) is 11.4. The second kappa shape index (κ2) is 6.01. The zero-order chi connectivity index (χ0) is 15.6. The van der Waals surface area contributed by atoms with Gasteiger partial charge >= 0.3 is 0 Å². The fourth-order valence-electron chi connectivity index (χ4n) is 1.74. The molecule has 0 unspecified atom stereocenters. The Morgan fingerprint density at radius 3 is 2.52 bits per heavy atom. The number of nitrogens with two attached hydrogens (primary N) is 1. The SMILES string of the molecule is COc1ccc(Oc2cc(C)c(Cl)cc2C(N)=O)c(F)c1. The van der Waals surface area contributed by atoms with Crippen LogP contribution in [0.25, 0.3) is 0 Å².